The van der Waals surface area contributed by atoms with Gasteiger partial charge in [0.2, 0.25) is 0 Å². The van der Waals surface area contributed by atoms with E-state index in [0.29, 0.717) is 0 Å². The van der Waals surface area contributed by atoms with E-state index in [1.54, 1.807) is 0 Å². The third kappa shape index (κ3) is 3.51. The molecule has 0 aliphatic rings. The van der Waals surface area contributed by atoms with E-state index in [-0.39, 0.29) is 6.42 Å². The first-order valence-corrected chi connectivity index (χ1v) is 3.00. The average molecular weight is 160 g/mol. The fourth-order valence-electron chi connectivity index (χ4n) is 0.312. The van der Waals surface area contributed by atoms with Gasteiger partial charge in [-0.3, -0.25) is 9.59 Å². The summed E-state index contributed by atoms with van der Waals surface area (Å²) in [6, 6.07) is 0. The molecular formula is C5H6BClO3. The number of Topliss-reactive ketones (excluding diaryl/α,β-unsaturated/α-hetero) is 1. The number of ether oxygens (including phenoxy) is 1. The van der Waals surface area contributed by atoms with Gasteiger partial charge in [-0.15, -0.1) is 11.6 Å². The van der Waals surface area contributed by atoms with Gasteiger partial charge in [0, 0.05) is 0 Å². The zero-order valence-corrected chi connectivity index (χ0v) is 6.22. The van der Waals surface area contributed by atoms with Crippen molar-refractivity contribution in [3.8, 4) is 0 Å². The number of methoxy groups -OCH3 is 1. The van der Waals surface area contributed by atoms with Crippen LogP contribution in [0, 0.1) is 0 Å². The predicted octanol–water partition coefficient (Wildman–Crippen LogP) is -0.148. The van der Waals surface area contributed by atoms with E-state index in [0.717, 1.165) is 0 Å². The van der Waals surface area contributed by atoms with Crippen molar-refractivity contribution in [3.05, 3.63) is 0 Å². The van der Waals surface area contributed by atoms with Gasteiger partial charge < -0.3 is 4.74 Å². The monoisotopic (exact) mass is 160 g/mol. The zero-order chi connectivity index (χ0) is 8.15. The molecule has 0 saturated heterocycles. The molecule has 0 aromatic rings. The molecule has 0 amide bonds. The average Bonchev–Trinajstić information content (AvgIpc) is 1.87. The first-order chi connectivity index (χ1) is 4.57. The molecule has 0 bridgehead atoms. The minimum atomic E-state index is -1.11. The summed E-state index contributed by atoms with van der Waals surface area (Å²) < 4.78 is 4.20. The van der Waals surface area contributed by atoms with Crippen LogP contribution in [0.5, 0.6) is 0 Å². The van der Waals surface area contributed by atoms with Crippen LogP contribution in [0.25, 0.3) is 0 Å². The van der Waals surface area contributed by atoms with Crippen molar-refractivity contribution in [2.75, 3.05) is 7.11 Å². The topological polar surface area (TPSA) is 43.4 Å². The summed E-state index contributed by atoms with van der Waals surface area (Å²) in [4.78, 5) is 20.9. The van der Waals surface area contributed by atoms with Crippen molar-refractivity contribution < 1.29 is 14.3 Å². The number of ketones is 1. The quantitative estimate of drug-likeness (QED) is 0.250. The first-order valence-electron chi connectivity index (χ1n) is 2.57. The minimum absolute atomic E-state index is 0.360. The maximum Gasteiger partial charge on any atom is 0.313 e. The zero-order valence-electron chi connectivity index (χ0n) is 5.46. The molecule has 0 spiro atoms. The van der Waals surface area contributed by atoms with Crippen molar-refractivity contribution in [3.63, 3.8) is 0 Å². The summed E-state index contributed by atoms with van der Waals surface area (Å²) >= 11 is 5.15. The van der Waals surface area contributed by atoms with Crippen LogP contribution in [-0.2, 0) is 14.3 Å². The van der Waals surface area contributed by atoms with Crippen molar-refractivity contribution in [1.82, 2.24) is 0 Å². The van der Waals surface area contributed by atoms with Gasteiger partial charge in [0.1, 0.15) is 14.3 Å². The van der Waals surface area contributed by atoms with Crippen molar-refractivity contribution in [2.45, 2.75) is 11.7 Å². The van der Waals surface area contributed by atoms with Gasteiger partial charge in [-0.2, -0.15) is 0 Å². The Kier molecular flexibility index (Phi) is 4.11. The fraction of sp³-hybridized carbons (Fsp3) is 0.600. The van der Waals surface area contributed by atoms with Crippen LogP contribution in [0.2, 0.25) is 0 Å². The lowest BCUT2D eigenvalue weighted by molar-refractivity contribution is -0.143. The number of carbonyl (C=O) groups excluding carboxylic acids is 2. The number of carbonyl (C=O) groups is 2. The lowest BCUT2D eigenvalue weighted by Gasteiger charge is -1.99. The number of hydrogen-bond acceptors (Lipinski definition) is 3. The van der Waals surface area contributed by atoms with Crippen molar-refractivity contribution >= 4 is 31.2 Å². The van der Waals surface area contributed by atoms with Gasteiger partial charge in [0.25, 0.3) is 0 Å². The van der Waals surface area contributed by atoms with Gasteiger partial charge in [-0.05, 0) is 0 Å². The third-order valence-corrected chi connectivity index (χ3v) is 1.10. The van der Waals surface area contributed by atoms with Gasteiger partial charge >= 0.3 is 5.97 Å². The van der Waals surface area contributed by atoms with Gasteiger partial charge in [0.15, 0.2) is 5.78 Å². The summed E-state index contributed by atoms with van der Waals surface area (Å²) in [5.41, 5.74) is 0. The van der Waals surface area contributed by atoms with E-state index in [4.69, 9.17) is 19.4 Å². The number of hydrogen-bond donors (Lipinski definition) is 0. The second-order valence-corrected chi connectivity index (χ2v) is 2.09. The van der Waals surface area contributed by atoms with Crippen molar-refractivity contribution in [1.29, 1.82) is 0 Å². The Balaban J connectivity index is 3.69. The molecule has 0 saturated carbocycles. The van der Waals surface area contributed by atoms with Crippen molar-refractivity contribution in [2.24, 2.45) is 0 Å². The second kappa shape index (κ2) is 4.33. The summed E-state index contributed by atoms with van der Waals surface area (Å²) in [6.07, 6.45) is -0.360. The molecule has 54 valence electrons. The van der Waals surface area contributed by atoms with Crippen LogP contribution >= 0.6 is 11.6 Å². The highest BCUT2D eigenvalue weighted by Gasteiger charge is 2.13. The Labute approximate surface area is 65.1 Å². The Bertz CT molecular complexity index is 146. The highest BCUT2D eigenvalue weighted by molar-refractivity contribution is 6.51. The molecular weight excluding hydrogens is 154 g/mol. The summed E-state index contributed by atoms with van der Waals surface area (Å²) in [7, 11) is 6.14. The molecule has 0 aliphatic heterocycles. The molecule has 0 N–H and O–H groups in total. The maximum atomic E-state index is 10.6. The number of esters is 1. The molecule has 1 unspecified atom stereocenters. The molecule has 10 heavy (non-hydrogen) atoms. The Hall–Kier alpha value is -0.505. The van der Waals surface area contributed by atoms with Crippen LogP contribution in [0.4, 0.5) is 0 Å². The normalized spacial score (nSPS) is 12.2. The lowest BCUT2D eigenvalue weighted by Crippen LogP contribution is -2.18. The predicted molar refractivity (Wildman–Crippen MR) is 37.0 cm³/mol. The standard InChI is InChI=1S/C5H6BClO3/c1-10-4(9)2-3(8)5(6)7/h5H,2H2,1H3. The Morgan fingerprint density at radius 3 is 2.50 bits per heavy atom. The maximum absolute atomic E-state index is 10.6. The number of alkyl halides is 1. The SMILES string of the molecule is [B]C(Cl)C(=O)CC(=O)OC. The van der Waals surface area contributed by atoms with E-state index in [1.165, 1.54) is 7.11 Å². The Morgan fingerprint density at radius 1 is 1.70 bits per heavy atom. The van der Waals surface area contributed by atoms with Crippen LogP contribution in [-0.4, -0.2) is 32.0 Å². The van der Waals surface area contributed by atoms with E-state index < -0.39 is 17.0 Å². The van der Waals surface area contributed by atoms with E-state index in [1.807, 2.05) is 0 Å². The summed E-state index contributed by atoms with van der Waals surface area (Å²) in [6.45, 7) is 0. The molecule has 3 nitrogen and oxygen atoms in total. The first kappa shape index (κ1) is 9.49. The highest BCUT2D eigenvalue weighted by atomic mass is 35.5. The molecule has 2 radical (unpaired) electrons. The molecule has 0 aromatic heterocycles. The molecule has 5 heteroatoms. The van der Waals surface area contributed by atoms with Crippen LogP contribution in [0.1, 0.15) is 6.42 Å². The fourth-order valence-corrected chi connectivity index (χ4v) is 0.389. The smallest absolute Gasteiger partial charge is 0.313 e. The second-order valence-electron chi connectivity index (χ2n) is 1.62. The molecule has 0 rings (SSSR count). The molecule has 0 heterocycles. The van der Waals surface area contributed by atoms with Crippen LogP contribution in [0.15, 0.2) is 0 Å². The number of halogens is 1. The Morgan fingerprint density at radius 2 is 2.20 bits per heavy atom. The molecule has 0 aromatic carbocycles. The van der Waals surface area contributed by atoms with E-state index in [9.17, 15) is 9.59 Å². The highest BCUT2D eigenvalue weighted by Crippen LogP contribution is 1.96. The molecule has 1 atom stereocenters. The van der Waals surface area contributed by atoms with Gasteiger partial charge in [0.05, 0.1) is 12.4 Å². The summed E-state index contributed by atoms with van der Waals surface area (Å²) in [5, 5.41) is -1.11. The largest absolute Gasteiger partial charge is 0.469 e. The number of rotatable bonds is 3. The van der Waals surface area contributed by atoms with Gasteiger partial charge in [-0.25, -0.2) is 0 Å². The minimum Gasteiger partial charge on any atom is -0.469 e. The van der Waals surface area contributed by atoms with E-state index in [2.05, 4.69) is 4.74 Å². The lowest BCUT2D eigenvalue weighted by atomic mass is 9.98. The van der Waals surface area contributed by atoms with Crippen LogP contribution in [0.3, 0.4) is 0 Å². The summed E-state index contributed by atoms with van der Waals surface area (Å²) in [5.74, 6) is -1.16. The molecule has 0 aliphatic carbocycles. The third-order valence-electron chi connectivity index (χ3n) is 0.854. The van der Waals surface area contributed by atoms with Crippen LogP contribution < -0.4 is 0 Å². The van der Waals surface area contributed by atoms with Gasteiger partial charge in [-0.1, -0.05) is 0 Å². The molecule has 0 fully saturated rings. The van der Waals surface area contributed by atoms with E-state index >= 15 is 0 Å².